The fraction of sp³-hybridized carbons (Fsp3) is 0.235. The predicted molar refractivity (Wildman–Crippen MR) is 84.7 cm³/mol. The molecule has 0 bridgehead atoms. The van der Waals surface area contributed by atoms with Crippen molar-refractivity contribution in [2.45, 2.75) is 13.8 Å². The molecule has 0 saturated carbocycles. The number of benzene rings is 2. The summed E-state index contributed by atoms with van der Waals surface area (Å²) in [5, 5.41) is 3.88. The highest BCUT2D eigenvalue weighted by molar-refractivity contribution is 6.31. The van der Waals surface area contributed by atoms with E-state index < -0.39 is 0 Å². The van der Waals surface area contributed by atoms with Crippen LogP contribution in [0.1, 0.15) is 29.8 Å². The highest BCUT2D eigenvalue weighted by Gasteiger charge is 2.14. The van der Waals surface area contributed by atoms with Gasteiger partial charge >= 0.3 is 0 Å². The zero-order valence-electron chi connectivity index (χ0n) is 11.7. The van der Waals surface area contributed by atoms with E-state index >= 15 is 0 Å². The minimum absolute atomic E-state index is 0.0145. The van der Waals surface area contributed by atoms with E-state index in [0.717, 1.165) is 12.2 Å². The molecule has 0 aliphatic rings. The number of hydrogen-bond donors (Lipinski definition) is 1. The number of halogens is 1. The molecule has 0 spiro atoms. The smallest absolute Gasteiger partial charge is 0.195 e. The number of hydrogen-bond acceptors (Lipinski definition) is 2. The molecule has 0 aliphatic heterocycles. The van der Waals surface area contributed by atoms with Crippen LogP contribution in [0.4, 0.5) is 5.69 Å². The van der Waals surface area contributed by atoms with Gasteiger partial charge < -0.3 is 5.32 Å². The van der Waals surface area contributed by atoms with Gasteiger partial charge in [0.1, 0.15) is 0 Å². The first-order valence-electron chi connectivity index (χ1n) is 6.71. The standard InChI is InChI=1S/C17H18ClNO/c1-12(2)11-19-16-9-8-14(18)10-15(16)17(20)13-6-4-3-5-7-13/h3-10,12,19H,11H2,1-2H3. The van der Waals surface area contributed by atoms with Gasteiger partial charge in [0.05, 0.1) is 0 Å². The molecule has 0 heterocycles. The van der Waals surface area contributed by atoms with Crippen molar-refractivity contribution in [1.82, 2.24) is 0 Å². The molecule has 2 rings (SSSR count). The quantitative estimate of drug-likeness (QED) is 0.812. The van der Waals surface area contributed by atoms with E-state index in [1.807, 2.05) is 36.4 Å². The van der Waals surface area contributed by atoms with Crippen LogP contribution in [0.3, 0.4) is 0 Å². The van der Waals surface area contributed by atoms with Crippen molar-refractivity contribution in [2.75, 3.05) is 11.9 Å². The van der Waals surface area contributed by atoms with Crippen molar-refractivity contribution in [3.05, 3.63) is 64.7 Å². The fourth-order valence-corrected chi connectivity index (χ4v) is 2.09. The maximum Gasteiger partial charge on any atom is 0.195 e. The van der Waals surface area contributed by atoms with Crippen LogP contribution in [0.25, 0.3) is 0 Å². The van der Waals surface area contributed by atoms with Crippen LogP contribution >= 0.6 is 11.6 Å². The largest absolute Gasteiger partial charge is 0.384 e. The van der Waals surface area contributed by atoms with Gasteiger partial charge in [-0.25, -0.2) is 0 Å². The first-order chi connectivity index (χ1) is 9.58. The maximum absolute atomic E-state index is 12.6. The molecule has 2 aromatic carbocycles. The van der Waals surface area contributed by atoms with E-state index in [0.29, 0.717) is 22.1 Å². The number of nitrogens with one attached hydrogen (secondary N) is 1. The summed E-state index contributed by atoms with van der Waals surface area (Å²) in [5.74, 6) is 0.490. The summed E-state index contributed by atoms with van der Waals surface area (Å²) in [6.45, 7) is 5.07. The molecule has 2 nitrogen and oxygen atoms in total. The maximum atomic E-state index is 12.6. The average Bonchev–Trinajstić information content (AvgIpc) is 2.46. The van der Waals surface area contributed by atoms with E-state index in [9.17, 15) is 4.79 Å². The van der Waals surface area contributed by atoms with Gasteiger partial charge in [0.2, 0.25) is 0 Å². The van der Waals surface area contributed by atoms with E-state index in [1.54, 1.807) is 12.1 Å². The van der Waals surface area contributed by atoms with E-state index in [-0.39, 0.29) is 5.78 Å². The Morgan fingerprint density at radius 3 is 2.50 bits per heavy atom. The molecule has 0 fully saturated rings. The lowest BCUT2D eigenvalue weighted by Crippen LogP contribution is -2.12. The van der Waals surface area contributed by atoms with E-state index in [4.69, 9.17) is 11.6 Å². The van der Waals surface area contributed by atoms with Crippen molar-refractivity contribution in [1.29, 1.82) is 0 Å². The zero-order chi connectivity index (χ0) is 14.5. The lowest BCUT2D eigenvalue weighted by molar-refractivity contribution is 0.103. The third kappa shape index (κ3) is 3.61. The molecule has 20 heavy (non-hydrogen) atoms. The van der Waals surface area contributed by atoms with Crippen molar-refractivity contribution in [3.63, 3.8) is 0 Å². The summed E-state index contributed by atoms with van der Waals surface area (Å²) in [7, 11) is 0. The van der Waals surface area contributed by atoms with Crippen molar-refractivity contribution in [3.8, 4) is 0 Å². The Morgan fingerprint density at radius 2 is 1.85 bits per heavy atom. The molecule has 1 N–H and O–H groups in total. The van der Waals surface area contributed by atoms with E-state index in [2.05, 4.69) is 19.2 Å². The van der Waals surface area contributed by atoms with Gasteiger partial charge in [-0.1, -0.05) is 55.8 Å². The van der Waals surface area contributed by atoms with Crippen LogP contribution in [-0.4, -0.2) is 12.3 Å². The van der Waals surface area contributed by atoms with Crippen molar-refractivity contribution >= 4 is 23.1 Å². The highest BCUT2D eigenvalue weighted by atomic mass is 35.5. The van der Waals surface area contributed by atoms with Gasteiger partial charge in [0.15, 0.2) is 5.78 Å². The van der Waals surface area contributed by atoms with Gasteiger partial charge in [-0.15, -0.1) is 0 Å². The summed E-state index contributed by atoms with van der Waals surface area (Å²) in [4.78, 5) is 12.6. The highest BCUT2D eigenvalue weighted by Crippen LogP contribution is 2.24. The lowest BCUT2D eigenvalue weighted by Gasteiger charge is -2.13. The summed E-state index contributed by atoms with van der Waals surface area (Å²) < 4.78 is 0. The Labute approximate surface area is 124 Å². The number of carbonyl (C=O) groups is 1. The molecule has 0 aromatic heterocycles. The monoisotopic (exact) mass is 287 g/mol. The second kappa shape index (κ2) is 6.58. The van der Waals surface area contributed by atoms with Crippen LogP contribution in [0.2, 0.25) is 5.02 Å². The van der Waals surface area contributed by atoms with Crippen LogP contribution in [0, 0.1) is 5.92 Å². The number of anilines is 1. The zero-order valence-corrected chi connectivity index (χ0v) is 12.4. The van der Waals surface area contributed by atoms with Crippen molar-refractivity contribution in [2.24, 2.45) is 5.92 Å². The Balaban J connectivity index is 2.34. The Kier molecular flexibility index (Phi) is 4.80. The normalized spacial score (nSPS) is 10.6. The predicted octanol–water partition coefficient (Wildman–Crippen LogP) is 4.64. The summed E-state index contributed by atoms with van der Waals surface area (Å²) in [5.41, 5.74) is 2.11. The van der Waals surface area contributed by atoms with Crippen molar-refractivity contribution < 1.29 is 4.79 Å². The summed E-state index contributed by atoms with van der Waals surface area (Å²) >= 11 is 6.03. The Bertz CT molecular complexity index is 593. The molecule has 104 valence electrons. The second-order valence-corrected chi connectivity index (χ2v) is 5.60. The van der Waals surface area contributed by atoms with Gasteiger partial charge in [-0.3, -0.25) is 4.79 Å². The van der Waals surface area contributed by atoms with E-state index in [1.165, 1.54) is 0 Å². The fourth-order valence-electron chi connectivity index (χ4n) is 1.92. The minimum Gasteiger partial charge on any atom is -0.384 e. The average molecular weight is 288 g/mol. The second-order valence-electron chi connectivity index (χ2n) is 5.16. The molecule has 0 atom stereocenters. The third-order valence-corrected chi connectivity index (χ3v) is 3.20. The van der Waals surface area contributed by atoms with Crippen LogP contribution < -0.4 is 5.32 Å². The Morgan fingerprint density at radius 1 is 1.15 bits per heavy atom. The topological polar surface area (TPSA) is 29.1 Å². The van der Waals surface area contributed by atoms with Crippen LogP contribution in [0.5, 0.6) is 0 Å². The molecule has 0 saturated heterocycles. The molecule has 0 aliphatic carbocycles. The van der Waals surface area contributed by atoms with Gasteiger partial charge in [0.25, 0.3) is 0 Å². The van der Waals surface area contributed by atoms with Crippen LogP contribution in [-0.2, 0) is 0 Å². The summed E-state index contributed by atoms with van der Waals surface area (Å²) in [6, 6.07) is 14.6. The molecular weight excluding hydrogens is 270 g/mol. The molecular formula is C17H18ClNO. The molecule has 0 amide bonds. The number of ketones is 1. The minimum atomic E-state index is -0.0145. The SMILES string of the molecule is CC(C)CNc1ccc(Cl)cc1C(=O)c1ccccc1. The number of rotatable bonds is 5. The lowest BCUT2D eigenvalue weighted by atomic mass is 10.0. The molecule has 3 heteroatoms. The van der Waals surface area contributed by atoms with Gasteiger partial charge in [-0.2, -0.15) is 0 Å². The van der Waals surface area contributed by atoms with Gasteiger partial charge in [0, 0.05) is 28.4 Å². The molecule has 2 aromatic rings. The third-order valence-electron chi connectivity index (χ3n) is 2.96. The van der Waals surface area contributed by atoms with Crippen LogP contribution in [0.15, 0.2) is 48.5 Å². The number of carbonyl (C=O) groups excluding carboxylic acids is 1. The summed E-state index contributed by atoms with van der Waals surface area (Å²) in [6.07, 6.45) is 0. The Hall–Kier alpha value is -1.80. The van der Waals surface area contributed by atoms with Gasteiger partial charge in [-0.05, 0) is 24.1 Å². The molecule has 0 radical (unpaired) electrons. The first kappa shape index (κ1) is 14.6. The molecule has 0 unspecified atom stereocenters. The first-order valence-corrected chi connectivity index (χ1v) is 7.09.